The molecule has 0 N–H and O–H groups in total. The Morgan fingerprint density at radius 1 is 0.323 bits per heavy atom. The van der Waals surface area contributed by atoms with Crippen LogP contribution in [-0.4, -0.2) is 37.2 Å². The lowest BCUT2D eigenvalue weighted by molar-refractivity contribution is -0.166. The molecule has 0 heterocycles. The summed E-state index contributed by atoms with van der Waals surface area (Å²) in [6, 6.07) is 0. The van der Waals surface area contributed by atoms with Gasteiger partial charge in [-0.1, -0.05) is 215 Å². The first-order valence-electron chi connectivity index (χ1n) is 27.1. The van der Waals surface area contributed by atoms with Crippen LogP contribution in [0.3, 0.4) is 0 Å². The van der Waals surface area contributed by atoms with Crippen molar-refractivity contribution in [1.82, 2.24) is 0 Å². The van der Waals surface area contributed by atoms with Gasteiger partial charge in [0, 0.05) is 19.3 Å². The Kier molecular flexibility index (Phi) is 50.4. The highest BCUT2D eigenvalue weighted by molar-refractivity contribution is 5.71. The van der Waals surface area contributed by atoms with E-state index in [1.807, 2.05) is 6.08 Å². The van der Waals surface area contributed by atoms with Gasteiger partial charge in [0.15, 0.2) is 6.10 Å². The highest BCUT2D eigenvalue weighted by atomic mass is 16.6. The number of esters is 3. The normalized spacial score (nSPS) is 12.7. The SMILES string of the molecule is CC/C=C\C/C=C\C/C=C\C/C=C\C/C=C\CCC(=O)OCC(COC(=O)CCCCCCCCC/C=C\CCCCCC)OC(=O)CCCCCCC/C=C\CCCCCCCCC. The molecular weight excluding hydrogens is 805 g/mol. The maximum atomic E-state index is 12.8. The van der Waals surface area contributed by atoms with Crippen LogP contribution in [0.4, 0.5) is 0 Å². The first kappa shape index (κ1) is 61.6. The molecule has 0 rings (SSSR count). The summed E-state index contributed by atoms with van der Waals surface area (Å²) in [4.78, 5) is 38.0. The molecule has 65 heavy (non-hydrogen) atoms. The van der Waals surface area contributed by atoms with Crippen molar-refractivity contribution in [2.45, 2.75) is 258 Å². The summed E-state index contributed by atoms with van der Waals surface area (Å²) in [6.07, 6.45) is 68.6. The number of hydrogen-bond donors (Lipinski definition) is 0. The number of ether oxygens (including phenoxy) is 3. The fraction of sp³-hybridized carbons (Fsp3) is 0.712. The van der Waals surface area contributed by atoms with Gasteiger partial charge in [-0.05, 0) is 103 Å². The van der Waals surface area contributed by atoms with Gasteiger partial charge in [0.05, 0.1) is 0 Å². The molecule has 0 aromatic carbocycles. The third kappa shape index (κ3) is 51.4. The molecule has 0 radical (unpaired) electrons. The van der Waals surface area contributed by atoms with Crippen LogP contribution in [0.25, 0.3) is 0 Å². The van der Waals surface area contributed by atoms with E-state index in [4.69, 9.17) is 14.2 Å². The fourth-order valence-corrected chi connectivity index (χ4v) is 7.30. The van der Waals surface area contributed by atoms with Crippen LogP contribution in [0.15, 0.2) is 85.1 Å². The molecule has 0 bridgehead atoms. The second kappa shape index (κ2) is 53.2. The molecule has 0 spiro atoms. The van der Waals surface area contributed by atoms with E-state index in [0.717, 1.165) is 83.5 Å². The Balaban J connectivity index is 4.50. The second-order valence-corrected chi connectivity index (χ2v) is 17.7. The number of hydrogen-bond acceptors (Lipinski definition) is 6. The summed E-state index contributed by atoms with van der Waals surface area (Å²) >= 11 is 0. The summed E-state index contributed by atoms with van der Waals surface area (Å²) in [5, 5.41) is 0. The zero-order valence-electron chi connectivity index (χ0n) is 42.5. The zero-order valence-corrected chi connectivity index (χ0v) is 42.5. The standard InChI is InChI=1S/C59H100O6/c1-4-7-10-13-16-19-22-25-28-31-34-37-40-43-46-49-52-58(61)64-55-56(54-63-57(60)51-48-45-42-39-36-33-30-27-24-21-18-15-12-9-6-3)65-59(62)53-50-47-44-41-38-35-32-29-26-23-20-17-14-11-8-5-2/h7,10,16,19,21,24-25,28-29,32,34,37,43,46,56H,4-6,8-9,11-15,17-18,20,22-23,26-27,30-31,33,35-36,38-42,44-45,47-55H2,1-3H3/b10-7-,19-16-,24-21-,28-25-,32-29-,37-34-,46-43-. The molecule has 0 fully saturated rings. The van der Waals surface area contributed by atoms with Crippen molar-refractivity contribution in [2.75, 3.05) is 13.2 Å². The van der Waals surface area contributed by atoms with E-state index in [-0.39, 0.29) is 37.5 Å². The summed E-state index contributed by atoms with van der Waals surface area (Å²) in [7, 11) is 0. The van der Waals surface area contributed by atoms with Gasteiger partial charge in [0.2, 0.25) is 0 Å². The first-order chi connectivity index (χ1) is 32.0. The van der Waals surface area contributed by atoms with Crippen molar-refractivity contribution in [3.05, 3.63) is 85.1 Å². The lowest BCUT2D eigenvalue weighted by Crippen LogP contribution is -2.30. The molecule has 0 aromatic rings. The van der Waals surface area contributed by atoms with E-state index >= 15 is 0 Å². The Morgan fingerprint density at radius 3 is 1.05 bits per heavy atom. The van der Waals surface area contributed by atoms with E-state index in [0.29, 0.717) is 19.3 Å². The largest absolute Gasteiger partial charge is 0.462 e. The van der Waals surface area contributed by atoms with E-state index in [2.05, 4.69) is 99.8 Å². The van der Waals surface area contributed by atoms with Gasteiger partial charge < -0.3 is 14.2 Å². The van der Waals surface area contributed by atoms with Gasteiger partial charge in [-0.3, -0.25) is 14.4 Å². The quantitative estimate of drug-likeness (QED) is 0.0262. The van der Waals surface area contributed by atoms with E-state index < -0.39 is 6.10 Å². The monoisotopic (exact) mass is 905 g/mol. The molecule has 0 aliphatic carbocycles. The molecule has 0 saturated heterocycles. The van der Waals surface area contributed by atoms with Crippen LogP contribution in [0.1, 0.15) is 252 Å². The number of allylic oxidation sites excluding steroid dienone is 14. The van der Waals surface area contributed by atoms with Crippen LogP contribution < -0.4 is 0 Å². The summed E-state index contributed by atoms with van der Waals surface area (Å²) in [5.41, 5.74) is 0. The molecular formula is C59H100O6. The van der Waals surface area contributed by atoms with Crippen LogP contribution >= 0.6 is 0 Å². The van der Waals surface area contributed by atoms with E-state index in [1.165, 1.54) is 122 Å². The maximum absolute atomic E-state index is 12.8. The molecule has 1 atom stereocenters. The molecule has 0 aromatic heterocycles. The summed E-state index contributed by atoms with van der Waals surface area (Å²) < 4.78 is 16.7. The fourth-order valence-electron chi connectivity index (χ4n) is 7.30. The van der Waals surface area contributed by atoms with Gasteiger partial charge in [-0.2, -0.15) is 0 Å². The maximum Gasteiger partial charge on any atom is 0.306 e. The number of rotatable bonds is 48. The van der Waals surface area contributed by atoms with Crippen LogP contribution in [0.2, 0.25) is 0 Å². The second-order valence-electron chi connectivity index (χ2n) is 17.7. The van der Waals surface area contributed by atoms with Crippen LogP contribution in [0, 0.1) is 0 Å². The predicted molar refractivity (Wildman–Crippen MR) is 279 cm³/mol. The average Bonchev–Trinajstić information content (AvgIpc) is 3.30. The third-order valence-electron chi connectivity index (χ3n) is 11.4. The van der Waals surface area contributed by atoms with Crippen molar-refractivity contribution < 1.29 is 28.6 Å². The Hall–Kier alpha value is -3.41. The van der Waals surface area contributed by atoms with Gasteiger partial charge in [-0.25, -0.2) is 0 Å². The highest BCUT2D eigenvalue weighted by Crippen LogP contribution is 2.14. The van der Waals surface area contributed by atoms with Crippen molar-refractivity contribution in [3.8, 4) is 0 Å². The third-order valence-corrected chi connectivity index (χ3v) is 11.4. The minimum Gasteiger partial charge on any atom is -0.462 e. The van der Waals surface area contributed by atoms with Gasteiger partial charge in [0.1, 0.15) is 13.2 Å². The Labute approximate surface area is 401 Å². The van der Waals surface area contributed by atoms with Crippen LogP contribution in [0.5, 0.6) is 0 Å². The topological polar surface area (TPSA) is 78.9 Å². The summed E-state index contributed by atoms with van der Waals surface area (Å²) in [6.45, 7) is 6.44. The lowest BCUT2D eigenvalue weighted by atomic mass is 10.1. The molecule has 6 heteroatoms. The van der Waals surface area contributed by atoms with Gasteiger partial charge >= 0.3 is 17.9 Å². The Morgan fingerprint density at radius 2 is 0.631 bits per heavy atom. The molecule has 0 aliphatic rings. The van der Waals surface area contributed by atoms with E-state index in [9.17, 15) is 14.4 Å². The molecule has 6 nitrogen and oxygen atoms in total. The molecule has 1 unspecified atom stereocenters. The number of carbonyl (C=O) groups excluding carboxylic acids is 3. The zero-order chi connectivity index (χ0) is 47.2. The van der Waals surface area contributed by atoms with Gasteiger partial charge in [0.25, 0.3) is 0 Å². The number of carbonyl (C=O) groups is 3. The van der Waals surface area contributed by atoms with Crippen LogP contribution in [-0.2, 0) is 28.6 Å². The average molecular weight is 905 g/mol. The minimum absolute atomic E-state index is 0.105. The smallest absolute Gasteiger partial charge is 0.306 e. The molecule has 0 saturated carbocycles. The lowest BCUT2D eigenvalue weighted by Gasteiger charge is -2.18. The first-order valence-corrected chi connectivity index (χ1v) is 27.1. The molecule has 0 aliphatic heterocycles. The number of unbranched alkanes of at least 4 members (excludes halogenated alkanes) is 23. The van der Waals surface area contributed by atoms with Gasteiger partial charge in [-0.15, -0.1) is 0 Å². The minimum atomic E-state index is -0.812. The predicted octanol–water partition coefficient (Wildman–Crippen LogP) is 18.0. The van der Waals surface area contributed by atoms with Crippen molar-refractivity contribution in [1.29, 1.82) is 0 Å². The Bertz CT molecular complexity index is 1270. The van der Waals surface area contributed by atoms with Crippen molar-refractivity contribution in [2.24, 2.45) is 0 Å². The highest BCUT2D eigenvalue weighted by Gasteiger charge is 2.19. The molecule has 372 valence electrons. The van der Waals surface area contributed by atoms with E-state index in [1.54, 1.807) is 0 Å². The summed E-state index contributed by atoms with van der Waals surface area (Å²) in [5.74, 6) is -1.00. The molecule has 0 amide bonds. The van der Waals surface area contributed by atoms with Crippen molar-refractivity contribution in [3.63, 3.8) is 0 Å². The van der Waals surface area contributed by atoms with Crippen molar-refractivity contribution >= 4 is 17.9 Å².